The topological polar surface area (TPSA) is 58.1 Å². The first kappa shape index (κ1) is 16.9. The summed E-state index contributed by atoms with van der Waals surface area (Å²) in [5.74, 6) is 0.598. The fourth-order valence-corrected chi connectivity index (χ4v) is 2.22. The Morgan fingerprint density at radius 1 is 1.17 bits per heavy atom. The SMILES string of the molecule is CCCNC(=O)c1cnc(N(Cc2ccccc2)C(C)C)cn1. The van der Waals surface area contributed by atoms with E-state index in [0.717, 1.165) is 18.8 Å². The molecule has 0 saturated heterocycles. The van der Waals surface area contributed by atoms with Crippen molar-refractivity contribution < 1.29 is 4.79 Å². The van der Waals surface area contributed by atoms with E-state index in [-0.39, 0.29) is 11.9 Å². The van der Waals surface area contributed by atoms with Crippen LogP contribution < -0.4 is 10.2 Å². The Balaban J connectivity index is 2.12. The van der Waals surface area contributed by atoms with Crippen LogP contribution in [0.5, 0.6) is 0 Å². The van der Waals surface area contributed by atoms with E-state index in [2.05, 4.69) is 46.2 Å². The molecule has 0 bridgehead atoms. The van der Waals surface area contributed by atoms with Crippen LogP contribution in [0.15, 0.2) is 42.7 Å². The van der Waals surface area contributed by atoms with E-state index in [1.165, 1.54) is 5.56 Å². The number of benzene rings is 1. The van der Waals surface area contributed by atoms with Gasteiger partial charge in [0.05, 0.1) is 12.4 Å². The fourth-order valence-electron chi connectivity index (χ4n) is 2.22. The molecule has 122 valence electrons. The first-order valence-corrected chi connectivity index (χ1v) is 8.02. The second-order valence-electron chi connectivity index (χ2n) is 5.72. The van der Waals surface area contributed by atoms with E-state index >= 15 is 0 Å². The maximum Gasteiger partial charge on any atom is 0.271 e. The Hall–Kier alpha value is -2.43. The third-order valence-corrected chi connectivity index (χ3v) is 3.52. The van der Waals surface area contributed by atoms with E-state index in [9.17, 15) is 4.79 Å². The molecule has 5 heteroatoms. The number of nitrogens with zero attached hydrogens (tertiary/aromatic N) is 3. The van der Waals surface area contributed by atoms with Crippen molar-refractivity contribution in [3.63, 3.8) is 0 Å². The Morgan fingerprint density at radius 3 is 2.48 bits per heavy atom. The molecule has 5 nitrogen and oxygen atoms in total. The molecule has 0 atom stereocenters. The molecular formula is C18H24N4O. The number of carbonyl (C=O) groups excluding carboxylic acids is 1. The molecule has 1 heterocycles. The number of nitrogens with one attached hydrogen (secondary N) is 1. The quantitative estimate of drug-likeness (QED) is 0.854. The summed E-state index contributed by atoms with van der Waals surface area (Å²) in [6, 6.07) is 10.5. The number of hydrogen-bond donors (Lipinski definition) is 1. The Morgan fingerprint density at radius 2 is 1.91 bits per heavy atom. The summed E-state index contributed by atoms with van der Waals surface area (Å²) in [6.07, 6.45) is 4.11. The molecule has 2 aromatic rings. The van der Waals surface area contributed by atoms with Crippen molar-refractivity contribution in [2.24, 2.45) is 0 Å². The van der Waals surface area contributed by atoms with E-state index < -0.39 is 0 Å². The average Bonchev–Trinajstić information content (AvgIpc) is 2.58. The smallest absolute Gasteiger partial charge is 0.271 e. The number of rotatable bonds is 7. The first-order chi connectivity index (χ1) is 11.1. The molecular weight excluding hydrogens is 288 g/mol. The van der Waals surface area contributed by atoms with Crippen LogP contribution in [0, 0.1) is 0 Å². The van der Waals surface area contributed by atoms with Crippen LogP contribution in [-0.4, -0.2) is 28.5 Å². The minimum Gasteiger partial charge on any atom is -0.351 e. The van der Waals surface area contributed by atoms with Crippen LogP contribution in [0.25, 0.3) is 0 Å². The number of carbonyl (C=O) groups is 1. The van der Waals surface area contributed by atoms with E-state index in [1.807, 2.05) is 25.1 Å². The summed E-state index contributed by atoms with van der Waals surface area (Å²) >= 11 is 0. The summed E-state index contributed by atoms with van der Waals surface area (Å²) < 4.78 is 0. The Bertz CT molecular complexity index is 611. The molecule has 1 N–H and O–H groups in total. The largest absolute Gasteiger partial charge is 0.351 e. The zero-order valence-corrected chi connectivity index (χ0v) is 14.0. The van der Waals surface area contributed by atoms with Crippen LogP contribution in [0.4, 0.5) is 5.82 Å². The van der Waals surface area contributed by atoms with Gasteiger partial charge in [-0.3, -0.25) is 4.79 Å². The predicted octanol–water partition coefficient (Wildman–Crippen LogP) is 3.03. The fraction of sp³-hybridized carbons (Fsp3) is 0.389. The van der Waals surface area contributed by atoms with Crippen LogP contribution >= 0.6 is 0 Å². The zero-order valence-electron chi connectivity index (χ0n) is 14.0. The highest BCUT2D eigenvalue weighted by atomic mass is 16.1. The normalized spacial score (nSPS) is 10.6. The molecule has 0 aliphatic carbocycles. The third kappa shape index (κ3) is 4.77. The van der Waals surface area contributed by atoms with Gasteiger partial charge in [0.1, 0.15) is 11.5 Å². The van der Waals surface area contributed by atoms with Gasteiger partial charge in [-0.05, 0) is 25.8 Å². The van der Waals surface area contributed by atoms with Gasteiger partial charge >= 0.3 is 0 Å². The molecule has 23 heavy (non-hydrogen) atoms. The lowest BCUT2D eigenvalue weighted by atomic mass is 10.2. The van der Waals surface area contributed by atoms with Gasteiger partial charge in [-0.1, -0.05) is 37.3 Å². The molecule has 1 aromatic carbocycles. The van der Waals surface area contributed by atoms with Gasteiger partial charge in [0.2, 0.25) is 0 Å². The highest BCUT2D eigenvalue weighted by Gasteiger charge is 2.14. The Labute approximate surface area is 137 Å². The van der Waals surface area contributed by atoms with Crippen molar-refractivity contribution in [3.8, 4) is 0 Å². The van der Waals surface area contributed by atoms with E-state index in [4.69, 9.17) is 0 Å². The van der Waals surface area contributed by atoms with Crippen LogP contribution in [0.2, 0.25) is 0 Å². The maximum absolute atomic E-state index is 11.9. The molecule has 2 rings (SSSR count). The summed E-state index contributed by atoms with van der Waals surface area (Å²) in [4.78, 5) is 22.7. The van der Waals surface area contributed by atoms with E-state index in [1.54, 1.807) is 12.4 Å². The highest BCUT2D eigenvalue weighted by molar-refractivity contribution is 5.91. The molecule has 0 saturated carbocycles. The molecule has 0 fully saturated rings. The molecule has 1 aromatic heterocycles. The van der Waals surface area contributed by atoms with Crippen LogP contribution in [0.1, 0.15) is 43.2 Å². The van der Waals surface area contributed by atoms with Crippen molar-refractivity contribution in [2.75, 3.05) is 11.4 Å². The summed E-state index contributed by atoms with van der Waals surface area (Å²) in [5.41, 5.74) is 1.57. The third-order valence-electron chi connectivity index (χ3n) is 3.52. The summed E-state index contributed by atoms with van der Waals surface area (Å²) in [6.45, 7) is 7.65. The van der Waals surface area contributed by atoms with Gasteiger partial charge in [0.15, 0.2) is 0 Å². The van der Waals surface area contributed by atoms with Gasteiger partial charge in [-0.15, -0.1) is 0 Å². The van der Waals surface area contributed by atoms with Gasteiger partial charge in [0.25, 0.3) is 5.91 Å². The minimum atomic E-state index is -0.176. The number of hydrogen-bond acceptors (Lipinski definition) is 4. The Kier molecular flexibility index (Phi) is 6.09. The van der Waals surface area contributed by atoms with Crippen LogP contribution in [-0.2, 0) is 6.54 Å². The van der Waals surface area contributed by atoms with Gasteiger partial charge in [-0.2, -0.15) is 0 Å². The van der Waals surface area contributed by atoms with Crippen molar-refractivity contribution >= 4 is 11.7 Å². The standard InChI is InChI=1S/C18H24N4O/c1-4-10-19-18(23)16-11-21-17(12-20-16)22(14(2)3)13-15-8-6-5-7-9-15/h5-9,11-12,14H,4,10,13H2,1-3H3,(H,19,23). The van der Waals surface area contributed by atoms with Gasteiger partial charge < -0.3 is 10.2 Å². The molecule has 1 amide bonds. The lowest BCUT2D eigenvalue weighted by Crippen LogP contribution is -2.31. The lowest BCUT2D eigenvalue weighted by Gasteiger charge is -2.27. The minimum absolute atomic E-state index is 0.176. The molecule has 0 spiro atoms. The molecule has 0 aliphatic rings. The van der Waals surface area contributed by atoms with Crippen molar-refractivity contribution in [2.45, 2.75) is 39.8 Å². The summed E-state index contributed by atoms with van der Waals surface area (Å²) in [5, 5.41) is 2.80. The molecule has 0 aliphatic heterocycles. The zero-order chi connectivity index (χ0) is 16.7. The number of anilines is 1. The van der Waals surface area contributed by atoms with Crippen LogP contribution in [0.3, 0.4) is 0 Å². The van der Waals surface area contributed by atoms with Crippen molar-refractivity contribution in [1.82, 2.24) is 15.3 Å². The number of amides is 1. The van der Waals surface area contributed by atoms with Gasteiger partial charge in [-0.25, -0.2) is 9.97 Å². The lowest BCUT2D eigenvalue weighted by molar-refractivity contribution is 0.0948. The highest BCUT2D eigenvalue weighted by Crippen LogP contribution is 2.16. The second kappa shape index (κ2) is 8.27. The van der Waals surface area contributed by atoms with Crippen molar-refractivity contribution in [1.29, 1.82) is 0 Å². The van der Waals surface area contributed by atoms with E-state index in [0.29, 0.717) is 12.2 Å². The number of aromatic nitrogens is 2. The van der Waals surface area contributed by atoms with Crippen molar-refractivity contribution in [3.05, 3.63) is 54.0 Å². The summed E-state index contributed by atoms with van der Waals surface area (Å²) in [7, 11) is 0. The average molecular weight is 312 g/mol. The molecule has 0 unspecified atom stereocenters. The van der Waals surface area contributed by atoms with Gasteiger partial charge in [0, 0.05) is 19.1 Å². The predicted molar refractivity (Wildman–Crippen MR) is 92.4 cm³/mol. The monoisotopic (exact) mass is 312 g/mol. The second-order valence-corrected chi connectivity index (χ2v) is 5.72. The maximum atomic E-state index is 11.9. The first-order valence-electron chi connectivity index (χ1n) is 8.02. The molecule has 0 radical (unpaired) electrons.